The number of pyridine rings is 1. The predicted octanol–water partition coefficient (Wildman–Crippen LogP) is 3.00. The summed E-state index contributed by atoms with van der Waals surface area (Å²) in [6, 6.07) is 14.4. The van der Waals surface area contributed by atoms with E-state index < -0.39 is 11.6 Å². The quantitative estimate of drug-likeness (QED) is 0.434. The van der Waals surface area contributed by atoms with Crippen LogP contribution in [0.1, 0.15) is 16.1 Å². The zero-order valence-electron chi connectivity index (χ0n) is 14.9. The standard InChI is InChI=1S/C21H15NO6/c1-26-13-6-7-14-12(8-20(24)28-19(14)9-13)11-27-21(25)17-10-18(23)15-4-2-3-5-16(15)22-17/h2-10H,11H2,1H3,(H,22,23). The highest BCUT2D eigenvalue weighted by molar-refractivity contribution is 5.91. The van der Waals surface area contributed by atoms with Crippen LogP contribution in [0.25, 0.3) is 21.9 Å². The van der Waals surface area contributed by atoms with Gasteiger partial charge in [0, 0.05) is 40.1 Å². The first-order valence-corrected chi connectivity index (χ1v) is 8.45. The number of para-hydroxylation sites is 1. The van der Waals surface area contributed by atoms with E-state index in [0.717, 1.165) is 0 Å². The van der Waals surface area contributed by atoms with Gasteiger partial charge in [0.05, 0.1) is 7.11 Å². The first-order valence-electron chi connectivity index (χ1n) is 8.45. The molecule has 0 bridgehead atoms. The number of hydrogen-bond donors (Lipinski definition) is 1. The van der Waals surface area contributed by atoms with Crippen LogP contribution >= 0.6 is 0 Å². The van der Waals surface area contributed by atoms with Crippen molar-refractivity contribution in [3.63, 3.8) is 0 Å². The lowest BCUT2D eigenvalue weighted by molar-refractivity contribution is 0.0467. The summed E-state index contributed by atoms with van der Waals surface area (Å²) in [4.78, 5) is 39.3. The van der Waals surface area contributed by atoms with Crippen LogP contribution in [0.3, 0.4) is 0 Å². The maximum atomic E-state index is 12.4. The molecule has 4 aromatic rings. The van der Waals surface area contributed by atoms with E-state index in [1.54, 1.807) is 42.5 Å². The predicted molar refractivity (Wildman–Crippen MR) is 103 cm³/mol. The molecule has 0 saturated carbocycles. The van der Waals surface area contributed by atoms with Crippen LogP contribution in [0.2, 0.25) is 0 Å². The topological polar surface area (TPSA) is 98.6 Å². The number of aromatic amines is 1. The largest absolute Gasteiger partial charge is 0.497 e. The van der Waals surface area contributed by atoms with Gasteiger partial charge in [-0.25, -0.2) is 9.59 Å². The van der Waals surface area contributed by atoms with Crippen molar-refractivity contribution in [1.82, 2.24) is 4.98 Å². The van der Waals surface area contributed by atoms with Crippen molar-refractivity contribution in [2.75, 3.05) is 7.11 Å². The number of carbonyl (C=O) groups is 1. The van der Waals surface area contributed by atoms with Gasteiger partial charge in [0.1, 0.15) is 23.6 Å². The lowest BCUT2D eigenvalue weighted by atomic mass is 10.1. The molecule has 0 spiro atoms. The van der Waals surface area contributed by atoms with E-state index in [4.69, 9.17) is 13.9 Å². The number of esters is 1. The van der Waals surface area contributed by atoms with E-state index in [0.29, 0.717) is 33.2 Å². The van der Waals surface area contributed by atoms with E-state index in [1.807, 2.05) is 0 Å². The van der Waals surface area contributed by atoms with E-state index in [-0.39, 0.29) is 17.7 Å². The molecule has 140 valence electrons. The Labute approximate surface area is 158 Å². The monoisotopic (exact) mass is 377 g/mol. The van der Waals surface area contributed by atoms with Crippen LogP contribution in [0, 0.1) is 0 Å². The number of benzene rings is 2. The van der Waals surface area contributed by atoms with Gasteiger partial charge >= 0.3 is 11.6 Å². The second-order valence-corrected chi connectivity index (χ2v) is 6.12. The fourth-order valence-electron chi connectivity index (χ4n) is 2.98. The van der Waals surface area contributed by atoms with Crippen LogP contribution in [0.4, 0.5) is 0 Å². The molecule has 2 heterocycles. The van der Waals surface area contributed by atoms with E-state index in [9.17, 15) is 14.4 Å². The molecule has 0 amide bonds. The minimum atomic E-state index is -0.697. The number of ether oxygens (including phenoxy) is 2. The molecule has 0 aliphatic heterocycles. The van der Waals surface area contributed by atoms with Crippen molar-refractivity contribution in [2.24, 2.45) is 0 Å². The lowest BCUT2D eigenvalue weighted by Crippen LogP contribution is -2.13. The van der Waals surface area contributed by atoms with Crippen LogP contribution < -0.4 is 15.8 Å². The van der Waals surface area contributed by atoms with Crippen molar-refractivity contribution >= 4 is 27.8 Å². The van der Waals surface area contributed by atoms with Crippen LogP contribution in [0.5, 0.6) is 5.75 Å². The Morgan fingerprint density at radius 3 is 2.68 bits per heavy atom. The van der Waals surface area contributed by atoms with Crippen LogP contribution in [-0.4, -0.2) is 18.1 Å². The minimum Gasteiger partial charge on any atom is -0.497 e. The van der Waals surface area contributed by atoms with E-state index in [2.05, 4.69) is 4.98 Å². The average molecular weight is 377 g/mol. The SMILES string of the molecule is COc1ccc2c(COC(=O)c3cc(=O)c4ccccc4[nH]3)cc(=O)oc2c1. The smallest absolute Gasteiger partial charge is 0.355 e. The second kappa shape index (κ2) is 7.03. The Bertz CT molecular complexity index is 1320. The van der Waals surface area contributed by atoms with Gasteiger partial charge in [-0.05, 0) is 24.3 Å². The van der Waals surface area contributed by atoms with Gasteiger partial charge in [0.15, 0.2) is 5.43 Å². The number of hydrogen-bond acceptors (Lipinski definition) is 6. The Morgan fingerprint density at radius 1 is 1.04 bits per heavy atom. The third-order valence-electron chi connectivity index (χ3n) is 4.35. The summed E-state index contributed by atoms with van der Waals surface area (Å²) in [7, 11) is 1.51. The number of fused-ring (bicyclic) bond motifs is 2. The van der Waals surface area contributed by atoms with Crippen molar-refractivity contribution in [2.45, 2.75) is 6.61 Å². The molecule has 0 atom stereocenters. The summed E-state index contributed by atoms with van der Waals surface area (Å²) < 4.78 is 15.6. The summed E-state index contributed by atoms with van der Waals surface area (Å²) in [5, 5.41) is 1.11. The first kappa shape index (κ1) is 17.5. The van der Waals surface area contributed by atoms with Crippen molar-refractivity contribution in [1.29, 1.82) is 0 Å². The third kappa shape index (κ3) is 3.25. The van der Waals surface area contributed by atoms with Gasteiger partial charge in [-0.2, -0.15) is 0 Å². The molecule has 7 nitrogen and oxygen atoms in total. The fourth-order valence-corrected chi connectivity index (χ4v) is 2.98. The highest BCUT2D eigenvalue weighted by Crippen LogP contribution is 2.23. The van der Waals surface area contributed by atoms with Crippen LogP contribution in [0.15, 0.2) is 68.6 Å². The van der Waals surface area contributed by atoms with E-state index >= 15 is 0 Å². The van der Waals surface area contributed by atoms with Gasteiger partial charge < -0.3 is 18.9 Å². The average Bonchev–Trinajstić information content (AvgIpc) is 2.71. The Kier molecular flexibility index (Phi) is 4.41. The summed E-state index contributed by atoms with van der Waals surface area (Å²) in [5.74, 6) is -0.156. The molecule has 1 N–H and O–H groups in total. The molecule has 0 aliphatic rings. The molecular weight excluding hydrogens is 362 g/mol. The lowest BCUT2D eigenvalue weighted by Gasteiger charge is -2.09. The van der Waals surface area contributed by atoms with Gasteiger partial charge in [-0.15, -0.1) is 0 Å². The summed E-state index contributed by atoms with van der Waals surface area (Å²) in [5.41, 5.74) is 0.560. The second-order valence-electron chi connectivity index (χ2n) is 6.12. The molecule has 0 unspecified atom stereocenters. The van der Waals surface area contributed by atoms with Crippen molar-refractivity contribution < 1.29 is 18.7 Å². The minimum absolute atomic E-state index is 0.0395. The van der Waals surface area contributed by atoms with Gasteiger partial charge in [0.25, 0.3) is 0 Å². The molecule has 0 fully saturated rings. The number of aromatic nitrogens is 1. The summed E-state index contributed by atoms with van der Waals surface area (Å²) in [6.45, 7) is -0.151. The molecule has 0 saturated heterocycles. The number of H-pyrrole nitrogens is 1. The van der Waals surface area contributed by atoms with Crippen molar-refractivity contribution in [3.8, 4) is 5.75 Å². The Balaban J connectivity index is 1.63. The number of methoxy groups -OCH3 is 1. The van der Waals surface area contributed by atoms with Crippen LogP contribution in [-0.2, 0) is 11.3 Å². The summed E-state index contributed by atoms with van der Waals surface area (Å²) in [6.07, 6.45) is 0. The molecule has 0 radical (unpaired) electrons. The Morgan fingerprint density at radius 2 is 1.86 bits per heavy atom. The molecule has 2 aromatic carbocycles. The third-order valence-corrected chi connectivity index (χ3v) is 4.35. The molecule has 7 heteroatoms. The fraction of sp³-hybridized carbons (Fsp3) is 0.0952. The molecular formula is C21H15NO6. The van der Waals surface area contributed by atoms with E-state index in [1.165, 1.54) is 19.2 Å². The maximum Gasteiger partial charge on any atom is 0.355 e. The number of rotatable bonds is 4. The van der Waals surface area contributed by atoms with Gasteiger partial charge in [-0.1, -0.05) is 12.1 Å². The molecule has 0 aliphatic carbocycles. The zero-order chi connectivity index (χ0) is 19.7. The highest BCUT2D eigenvalue weighted by atomic mass is 16.5. The molecule has 28 heavy (non-hydrogen) atoms. The Hall–Kier alpha value is -3.87. The van der Waals surface area contributed by atoms with Crippen molar-refractivity contribution in [3.05, 3.63) is 86.5 Å². The summed E-state index contributed by atoms with van der Waals surface area (Å²) >= 11 is 0. The number of nitrogens with one attached hydrogen (secondary N) is 1. The first-order chi connectivity index (χ1) is 13.5. The normalized spacial score (nSPS) is 10.9. The molecule has 4 rings (SSSR count). The highest BCUT2D eigenvalue weighted by Gasteiger charge is 2.13. The zero-order valence-corrected chi connectivity index (χ0v) is 14.9. The number of carbonyl (C=O) groups excluding carboxylic acids is 1. The van der Waals surface area contributed by atoms with Gasteiger partial charge in [-0.3, -0.25) is 4.79 Å². The maximum absolute atomic E-state index is 12.4. The molecule has 2 aromatic heterocycles. The van der Waals surface area contributed by atoms with Gasteiger partial charge in [0.2, 0.25) is 0 Å².